The van der Waals surface area contributed by atoms with E-state index in [0.717, 1.165) is 3.57 Å². The minimum Gasteiger partial charge on any atom is -0.497 e. The summed E-state index contributed by atoms with van der Waals surface area (Å²) in [6.45, 7) is 5.56. The predicted octanol–water partition coefficient (Wildman–Crippen LogP) is 3.14. The fourth-order valence-corrected chi connectivity index (χ4v) is 3.23. The molecule has 0 aromatic heterocycles. The summed E-state index contributed by atoms with van der Waals surface area (Å²) in [4.78, 5) is 24.5. The summed E-state index contributed by atoms with van der Waals surface area (Å²) < 4.78 is 16.9. The van der Waals surface area contributed by atoms with Gasteiger partial charge in [-0.05, 0) is 71.5 Å². The minimum atomic E-state index is -0.781. The first-order valence-corrected chi connectivity index (χ1v) is 10.4. The molecule has 2 aromatic carbocycles. The summed E-state index contributed by atoms with van der Waals surface area (Å²) >= 11 is 2.13. The van der Waals surface area contributed by atoms with E-state index in [1.165, 1.54) is 6.21 Å². The molecular weight excluding hydrogens is 513 g/mol. The molecule has 0 aliphatic heterocycles. The Labute approximate surface area is 194 Å². The number of nitrogens with zero attached hydrogens (tertiary/aromatic N) is 1. The average molecular weight is 537 g/mol. The molecule has 0 bridgehead atoms. The van der Waals surface area contributed by atoms with Crippen molar-refractivity contribution in [3.8, 4) is 17.2 Å². The Morgan fingerprint density at radius 3 is 2.52 bits per heavy atom. The molecule has 1 unspecified atom stereocenters. The van der Waals surface area contributed by atoms with Crippen molar-refractivity contribution in [2.75, 3.05) is 20.8 Å². The number of nitrogens with one attached hydrogen (secondary N) is 2. The van der Waals surface area contributed by atoms with Crippen molar-refractivity contribution >= 4 is 40.6 Å². The average Bonchev–Trinajstić information content (AvgIpc) is 2.77. The number of methoxy groups -OCH3 is 2. The molecule has 0 aliphatic carbocycles. The van der Waals surface area contributed by atoms with Crippen LogP contribution in [0.25, 0.3) is 0 Å². The Balaban J connectivity index is 1.96. The van der Waals surface area contributed by atoms with Gasteiger partial charge in [-0.2, -0.15) is 5.10 Å². The van der Waals surface area contributed by atoms with Gasteiger partial charge in [0.05, 0.1) is 24.0 Å². The maximum Gasteiger partial charge on any atom is 0.262 e. The number of hydrogen-bond donors (Lipinski definition) is 2. The van der Waals surface area contributed by atoms with E-state index >= 15 is 0 Å². The van der Waals surface area contributed by atoms with Gasteiger partial charge in [0.2, 0.25) is 0 Å². The first-order chi connectivity index (χ1) is 14.9. The van der Waals surface area contributed by atoms with Crippen LogP contribution in [0.1, 0.15) is 22.8 Å². The van der Waals surface area contributed by atoms with Crippen LogP contribution in [0.4, 0.5) is 0 Å². The summed E-state index contributed by atoms with van der Waals surface area (Å²) in [5.41, 5.74) is 3.55. The lowest BCUT2D eigenvalue weighted by Crippen LogP contribution is -2.43. The number of carbonyl (C=O) groups is 2. The largest absolute Gasteiger partial charge is 0.497 e. The monoisotopic (exact) mass is 537 g/mol. The van der Waals surface area contributed by atoms with Crippen molar-refractivity contribution in [2.24, 2.45) is 5.10 Å². The first kappa shape index (κ1) is 24.2. The number of hydrazone groups is 1. The number of carbonyl (C=O) groups excluding carboxylic acids is 2. The highest BCUT2D eigenvalue weighted by Gasteiger charge is 2.16. The normalized spacial score (nSPS) is 11.5. The summed E-state index contributed by atoms with van der Waals surface area (Å²) in [7, 11) is 3.09. The molecule has 0 spiro atoms. The van der Waals surface area contributed by atoms with Gasteiger partial charge in [-0.25, -0.2) is 5.43 Å². The zero-order chi connectivity index (χ0) is 22.8. The van der Waals surface area contributed by atoms with Crippen molar-refractivity contribution in [2.45, 2.75) is 13.0 Å². The molecule has 2 aromatic rings. The Morgan fingerprint density at radius 2 is 1.90 bits per heavy atom. The van der Waals surface area contributed by atoms with Crippen LogP contribution in [0.3, 0.4) is 0 Å². The third-order valence-corrected chi connectivity index (χ3v) is 4.88. The van der Waals surface area contributed by atoms with Crippen molar-refractivity contribution in [3.63, 3.8) is 0 Å². The van der Waals surface area contributed by atoms with Crippen LogP contribution in [0.5, 0.6) is 17.2 Å². The summed E-state index contributed by atoms with van der Waals surface area (Å²) in [5, 5.41) is 6.59. The van der Waals surface area contributed by atoms with E-state index < -0.39 is 11.9 Å². The van der Waals surface area contributed by atoms with E-state index in [9.17, 15) is 9.59 Å². The van der Waals surface area contributed by atoms with Crippen LogP contribution in [0, 0.1) is 3.57 Å². The molecule has 8 nitrogen and oxygen atoms in total. The number of ether oxygens (including phenoxy) is 3. The zero-order valence-electron chi connectivity index (χ0n) is 17.5. The summed E-state index contributed by atoms with van der Waals surface area (Å²) in [6, 6.07) is 9.39. The lowest BCUT2D eigenvalue weighted by molar-refractivity contribution is -0.122. The SMILES string of the molecule is C=CCOc1c(I)cc(C=NNC(=O)C(C)NC(=O)c2ccc(OC)cc2)cc1OC. The zero-order valence-corrected chi connectivity index (χ0v) is 19.6. The third kappa shape index (κ3) is 6.99. The van der Waals surface area contributed by atoms with Crippen LogP contribution >= 0.6 is 22.6 Å². The van der Waals surface area contributed by atoms with Gasteiger partial charge in [0.15, 0.2) is 11.5 Å². The molecule has 164 valence electrons. The molecule has 2 amide bonds. The van der Waals surface area contributed by atoms with E-state index in [-0.39, 0.29) is 5.91 Å². The van der Waals surface area contributed by atoms with Gasteiger partial charge in [-0.1, -0.05) is 12.7 Å². The number of halogens is 1. The second-order valence-corrected chi connectivity index (χ2v) is 7.45. The van der Waals surface area contributed by atoms with Gasteiger partial charge >= 0.3 is 0 Å². The summed E-state index contributed by atoms with van der Waals surface area (Å²) in [5.74, 6) is 0.971. The number of benzene rings is 2. The van der Waals surface area contributed by atoms with Gasteiger partial charge in [-0.15, -0.1) is 0 Å². The molecule has 0 fully saturated rings. The van der Waals surface area contributed by atoms with Gasteiger partial charge in [0, 0.05) is 5.56 Å². The molecule has 0 aliphatic rings. The molecule has 2 N–H and O–H groups in total. The third-order valence-electron chi connectivity index (χ3n) is 4.08. The van der Waals surface area contributed by atoms with Crippen LogP contribution in [0.15, 0.2) is 54.2 Å². The number of amides is 2. The molecule has 0 saturated heterocycles. The van der Waals surface area contributed by atoms with E-state index in [0.29, 0.717) is 35.0 Å². The van der Waals surface area contributed by atoms with Gasteiger partial charge in [0.1, 0.15) is 18.4 Å². The van der Waals surface area contributed by atoms with Crippen LogP contribution in [0.2, 0.25) is 0 Å². The topological polar surface area (TPSA) is 98.2 Å². The smallest absolute Gasteiger partial charge is 0.262 e. The Bertz CT molecular complexity index is 960. The fraction of sp³-hybridized carbons (Fsp3) is 0.227. The van der Waals surface area contributed by atoms with E-state index in [4.69, 9.17) is 14.2 Å². The molecule has 0 heterocycles. The lowest BCUT2D eigenvalue weighted by Gasteiger charge is -2.13. The standard InChI is InChI=1S/C22H24IN3O5/c1-5-10-31-20-18(23)11-15(12-19(20)30-4)13-24-26-21(27)14(2)25-22(28)16-6-8-17(29-3)9-7-16/h5-9,11-14H,1,10H2,2-4H3,(H,25,28)(H,26,27). The van der Waals surface area contributed by atoms with E-state index in [2.05, 4.69) is 45.0 Å². The minimum absolute atomic E-state index is 0.357. The van der Waals surface area contributed by atoms with E-state index in [1.807, 2.05) is 6.07 Å². The maximum atomic E-state index is 12.3. The maximum absolute atomic E-state index is 12.3. The van der Waals surface area contributed by atoms with Crippen LogP contribution < -0.4 is 25.0 Å². The molecule has 0 radical (unpaired) electrons. The number of rotatable bonds is 10. The molecule has 1 atom stereocenters. The highest BCUT2D eigenvalue weighted by atomic mass is 127. The fourth-order valence-electron chi connectivity index (χ4n) is 2.45. The van der Waals surface area contributed by atoms with Crippen molar-refractivity contribution in [3.05, 3.63) is 63.8 Å². The van der Waals surface area contributed by atoms with Crippen molar-refractivity contribution in [1.82, 2.24) is 10.7 Å². The number of hydrogen-bond acceptors (Lipinski definition) is 6. The molecular formula is C22H24IN3O5. The second-order valence-electron chi connectivity index (χ2n) is 6.29. The van der Waals surface area contributed by atoms with Gasteiger partial charge < -0.3 is 19.5 Å². The Hall–Kier alpha value is -3.08. The van der Waals surface area contributed by atoms with Gasteiger partial charge in [-0.3, -0.25) is 9.59 Å². The van der Waals surface area contributed by atoms with E-state index in [1.54, 1.807) is 57.6 Å². The van der Waals surface area contributed by atoms with Crippen molar-refractivity contribution < 1.29 is 23.8 Å². The van der Waals surface area contributed by atoms with Crippen LogP contribution in [-0.2, 0) is 4.79 Å². The predicted molar refractivity (Wildman–Crippen MR) is 127 cm³/mol. The Kier molecular flexibility index (Phi) is 9.32. The second kappa shape index (κ2) is 11.9. The first-order valence-electron chi connectivity index (χ1n) is 9.28. The molecule has 9 heteroatoms. The highest BCUT2D eigenvalue weighted by molar-refractivity contribution is 14.1. The van der Waals surface area contributed by atoms with Gasteiger partial charge in [0.25, 0.3) is 11.8 Å². The Morgan fingerprint density at radius 1 is 1.19 bits per heavy atom. The van der Waals surface area contributed by atoms with Crippen molar-refractivity contribution in [1.29, 1.82) is 0 Å². The highest BCUT2D eigenvalue weighted by Crippen LogP contribution is 2.33. The molecule has 2 rings (SSSR count). The summed E-state index contributed by atoms with van der Waals surface area (Å²) in [6.07, 6.45) is 3.13. The molecule has 31 heavy (non-hydrogen) atoms. The lowest BCUT2D eigenvalue weighted by atomic mass is 10.2. The molecule has 0 saturated carbocycles. The quantitative estimate of drug-likeness (QED) is 0.210. The van der Waals surface area contributed by atoms with Crippen LogP contribution in [-0.4, -0.2) is 44.9 Å².